The predicted molar refractivity (Wildman–Crippen MR) is 109 cm³/mol. The molecule has 0 bridgehead atoms. The molecule has 30 heavy (non-hydrogen) atoms. The highest BCUT2D eigenvalue weighted by Gasteiger charge is 2.55. The van der Waals surface area contributed by atoms with Gasteiger partial charge in [0, 0.05) is 10.0 Å². The van der Waals surface area contributed by atoms with Crippen LogP contribution in [0.15, 0.2) is 67.9 Å². The van der Waals surface area contributed by atoms with Gasteiger partial charge in [-0.3, -0.25) is 14.6 Å². The lowest BCUT2D eigenvalue weighted by Crippen LogP contribution is -2.39. The first-order valence-corrected chi connectivity index (χ1v) is 10.0. The van der Waals surface area contributed by atoms with Gasteiger partial charge < -0.3 is 4.52 Å². The van der Waals surface area contributed by atoms with Gasteiger partial charge in [-0.2, -0.15) is 10.1 Å². The summed E-state index contributed by atoms with van der Waals surface area (Å²) >= 11 is 3.41. The zero-order valence-electron chi connectivity index (χ0n) is 15.8. The van der Waals surface area contributed by atoms with Crippen molar-refractivity contribution in [1.29, 1.82) is 0 Å². The molecule has 2 amide bonds. The first-order valence-electron chi connectivity index (χ1n) is 9.22. The average Bonchev–Trinajstić information content (AvgIpc) is 3.42. The molecule has 2 aromatic carbocycles. The lowest BCUT2D eigenvalue weighted by atomic mass is 10.1. The van der Waals surface area contributed by atoms with Crippen LogP contribution in [0.1, 0.15) is 11.5 Å². The molecule has 1 saturated heterocycles. The molecule has 5 rings (SSSR count). The summed E-state index contributed by atoms with van der Waals surface area (Å²) in [6, 6.07) is 13.0. The van der Waals surface area contributed by atoms with Gasteiger partial charge in [0.25, 0.3) is 11.8 Å². The highest BCUT2D eigenvalue weighted by molar-refractivity contribution is 9.10. The third-order valence-electron chi connectivity index (χ3n) is 5.00. The van der Waals surface area contributed by atoms with E-state index in [4.69, 9.17) is 4.52 Å². The molecule has 3 heterocycles. The Labute approximate surface area is 179 Å². The Hall–Kier alpha value is -3.40. The summed E-state index contributed by atoms with van der Waals surface area (Å²) in [5.74, 6) is -0.0567. The number of rotatable bonds is 4. The second-order valence-electron chi connectivity index (χ2n) is 7.06. The summed E-state index contributed by atoms with van der Waals surface area (Å²) < 4.78 is 6.22. The van der Waals surface area contributed by atoms with Crippen LogP contribution < -0.4 is 4.90 Å². The number of aryl methyl sites for hydroxylation is 1. The lowest BCUT2D eigenvalue weighted by Gasteiger charge is -2.19. The molecule has 2 atom stereocenters. The molecule has 0 spiro atoms. The highest BCUT2D eigenvalue weighted by atomic mass is 79.9. The van der Waals surface area contributed by atoms with Crippen LogP contribution in [-0.4, -0.2) is 39.0 Å². The highest BCUT2D eigenvalue weighted by Crippen LogP contribution is 2.33. The predicted octanol–water partition coefficient (Wildman–Crippen LogP) is 3.30. The topological polar surface area (TPSA) is 104 Å². The Morgan fingerprint density at radius 3 is 2.67 bits per heavy atom. The maximum absolute atomic E-state index is 13.0. The molecular formula is C20H15BrN6O3. The van der Waals surface area contributed by atoms with Crippen molar-refractivity contribution in [3.63, 3.8) is 0 Å². The number of nitrogens with zero attached hydrogens (tertiary/aromatic N) is 6. The summed E-state index contributed by atoms with van der Waals surface area (Å²) in [4.78, 5) is 31.3. The van der Waals surface area contributed by atoms with E-state index in [2.05, 4.69) is 36.4 Å². The molecule has 150 valence electrons. The van der Waals surface area contributed by atoms with Crippen LogP contribution in [-0.2, 0) is 16.1 Å². The van der Waals surface area contributed by atoms with E-state index >= 15 is 0 Å². The summed E-state index contributed by atoms with van der Waals surface area (Å²) in [6.07, 6.45) is 0. The number of benzene rings is 2. The van der Waals surface area contributed by atoms with Crippen molar-refractivity contribution in [2.24, 2.45) is 10.3 Å². The summed E-state index contributed by atoms with van der Waals surface area (Å²) in [6.45, 7) is 2.02. The molecule has 2 aliphatic rings. The Morgan fingerprint density at radius 1 is 1.10 bits per heavy atom. The fourth-order valence-corrected chi connectivity index (χ4v) is 3.90. The van der Waals surface area contributed by atoms with E-state index in [0.717, 1.165) is 15.6 Å². The molecule has 1 fully saturated rings. The second kappa shape index (κ2) is 7.13. The summed E-state index contributed by atoms with van der Waals surface area (Å²) in [7, 11) is 0. The molecule has 0 radical (unpaired) electrons. The maximum Gasteiger partial charge on any atom is 0.263 e. The molecule has 0 saturated carbocycles. The molecular weight excluding hydrogens is 452 g/mol. The molecule has 3 aromatic rings. The van der Waals surface area contributed by atoms with E-state index in [1.165, 1.54) is 9.91 Å². The lowest BCUT2D eigenvalue weighted by molar-refractivity contribution is -0.123. The number of amides is 2. The minimum atomic E-state index is -0.869. The van der Waals surface area contributed by atoms with Crippen molar-refractivity contribution < 1.29 is 14.1 Å². The van der Waals surface area contributed by atoms with Gasteiger partial charge in [-0.15, -0.1) is 0 Å². The zero-order chi connectivity index (χ0) is 20.8. The Kier molecular flexibility index (Phi) is 4.43. The van der Waals surface area contributed by atoms with Gasteiger partial charge in [0.05, 0.1) is 5.69 Å². The third kappa shape index (κ3) is 3.09. The van der Waals surface area contributed by atoms with E-state index in [1.54, 1.807) is 12.1 Å². The van der Waals surface area contributed by atoms with Crippen molar-refractivity contribution in [3.05, 3.63) is 64.5 Å². The number of imide groups is 1. The SMILES string of the molecule is Cc1ccc(N2C(=O)[C@H]3N=NN(Cc4nc(-c5cccc(Br)c5)no4)[C@@H]3C2=O)cc1. The number of anilines is 1. The molecule has 1 aromatic heterocycles. The van der Waals surface area contributed by atoms with E-state index in [9.17, 15) is 9.59 Å². The molecule has 0 unspecified atom stereocenters. The van der Waals surface area contributed by atoms with Gasteiger partial charge in [-0.1, -0.05) is 56.1 Å². The number of carbonyl (C=O) groups is 2. The van der Waals surface area contributed by atoms with Gasteiger partial charge in [-0.05, 0) is 31.2 Å². The largest absolute Gasteiger partial charge is 0.337 e. The first kappa shape index (κ1) is 18.6. The minimum Gasteiger partial charge on any atom is -0.337 e. The number of hydrogen-bond donors (Lipinski definition) is 0. The van der Waals surface area contributed by atoms with Crippen LogP contribution in [0.2, 0.25) is 0 Å². The normalized spacial score (nSPS) is 20.3. The summed E-state index contributed by atoms with van der Waals surface area (Å²) in [5, 5.41) is 13.4. The van der Waals surface area contributed by atoms with Gasteiger partial charge in [0.1, 0.15) is 6.54 Å². The van der Waals surface area contributed by atoms with Crippen LogP contribution >= 0.6 is 15.9 Å². The van der Waals surface area contributed by atoms with E-state index in [1.807, 2.05) is 43.3 Å². The number of halogens is 1. The first-order chi connectivity index (χ1) is 14.5. The van der Waals surface area contributed by atoms with Crippen molar-refractivity contribution in [2.75, 3.05) is 4.90 Å². The third-order valence-corrected chi connectivity index (χ3v) is 5.49. The quantitative estimate of drug-likeness (QED) is 0.546. The number of hydrogen-bond acceptors (Lipinski definition) is 8. The zero-order valence-corrected chi connectivity index (χ0v) is 17.4. The molecule has 10 heteroatoms. The smallest absolute Gasteiger partial charge is 0.263 e. The second-order valence-corrected chi connectivity index (χ2v) is 7.98. The van der Waals surface area contributed by atoms with Crippen LogP contribution in [0.5, 0.6) is 0 Å². The van der Waals surface area contributed by atoms with E-state index in [0.29, 0.717) is 11.5 Å². The van der Waals surface area contributed by atoms with Gasteiger partial charge in [0.2, 0.25) is 11.7 Å². The molecule has 2 aliphatic heterocycles. The maximum atomic E-state index is 13.0. The van der Waals surface area contributed by atoms with Crippen molar-refractivity contribution in [2.45, 2.75) is 25.6 Å². The monoisotopic (exact) mass is 466 g/mol. The average molecular weight is 467 g/mol. The van der Waals surface area contributed by atoms with Crippen molar-refractivity contribution in [3.8, 4) is 11.4 Å². The van der Waals surface area contributed by atoms with Crippen LogP contribution in [0.3, 0.4) is 0 Å². The van der Waals surface area contributed by atoms with Crippen LogP contribution in [0.25, 0.3) is 11.4 Å². The van der Waals surface area contributed by atoms with Crippen molar-refractivity contribution in [1.82, 2.24) is 15.1 Å². The fourth-order valence-electron chi connectivity index (χ4n) is 3.50. The van der Waals surface area contributed by atoms with Gasteiger partial charge in [0.15, 0.2) is 12.1 Å². The Morgan fingerprint density at radius 2 is 1.90 bits per heavy atom. The molecule has 9 nitrogen and oxygen atoms in total. The van der Waals surface area contributed by atoms with E-state index in [-0.39, 0.29) is 24.2 Å². The van der Waals surface area contributed by atoms with E-state index < -0.39 is 12.1 Å². The Balaban J connectivity index is 1.36. The van der Waals surface area contributed by atoms with Crippen LogP contribution in [0, 0.1) is 6.92 Å². The number of fused-ring (bicyclic) bond motifs is 1. The fraction of sp³-hybridized carbons (Fsp3) is 0.200. The van der Waals surface area contributed by atoms with Gasteiger partial charge in [-0.25, -0.2) is 4.90 Å². The van der Waals surface area contributed by atoms with Gasteiger partial charge >= 0.3 is 0 Å². The standard InChI is InChI=1S/C20H15BrN6O3/c1-11-5-7-14(8-6-11)27-19(28)16-17(20(27)29)26(25-23-16)10-15-22-18(24-30-15)12-3-2-4-13(21)9-12/h2-9,16-17H,10H2,1H3/t16-,17-/m0/s1. The number of aromatic nitrogens is 2. The summed E-state index contributed by atoms with van der Waals surface area (Å²) in [5.41, 5.74) is 2.35. The van der Waals surface area contributed by atoms with Crippen LogP contribution in [0.4, 0.5) is 5.69 Å². The van der Waals surface area contributed by atoms with Crippen molar-refractivity contribution >= 4 is 33.4 Å². The molecule has 0 aliphatic carbocycles. The Bertz CT molecular complexity index is 1180. The molecule has 0 N–H and O–H groups in total. The number of carbonyl (C=O) groups excluding carboxylic acids is 2. The minimum absolute atomic E-state index is 0.0758.